The Hall–Kier alpha value is -1.66. The van der Waals surface area contributed by atoms with Crippen LogP contribution in [0.1, 0.15) is 25.3 Å². The fourth-order valence-corrected chi connectivity index (χ4v) is 2.86. The van der Waals surface area contributed by atoms with E-state index in [4.69, 9.17) is 10.5 Å². The van der Waals surface area contributed by atoms with E-state index in [0.717, 1.165) is 31.5 Å². The number of nitrogens with zero attached hydrogens (tertiary/aromatic N) is 2. The molecule has 2 N–H and O–H groups in total. The first-order valence-corrected chi connectivity index (χ1v) is 8.14. The first-order chi connectivity index (χ1) is 11.0. The summed E-state index contributed by atoms with van der Waals surface area (Å²) in [6.07, 6.45) is 1.64. The molecule has 0 bridgehead atoms. The third kappa shape index (κ3) is 4.65. The highest BCUT2D eigenvalue weighted by Gasteiger charge is 2.24. The number of carbonyl (C=O) groups excluding carboxylic acids is 1. The van der Waals surface area contributed by atoms with E-state index in [0.29, 0.717) is 19.6 Å². The molecule has 1 fully saturated rings. The molecule has 1 aromatic rings. The van der Waals surface area contributed by atoms with Gasteiger partial charge in [0.05, 0.1) is 13.2 Å². The van der Waals surface area contributed by atoms with Crippen molar-refractivity contribution in [3.8, 4) is 5.75 Å². The highest BCUT2D eigenvalue weighted by atomic mass is 19.1. The van der Waals surface area contributed by atoms with E-state index in [2.05, 4.69) is 4.90 Å². The van der Waals surface area contributed by atoms with E-state index >= 15 is 0 Å². The van der Waals surface area contributed by atoms with Crippen LogP contribution in [-0.2, 0) is 11.3 Å². The zero-order valence-electron chi connectivity index (χ0n) is 13.9. The van der Waals surface area contributed by atoms with Crippen LogP contribution in [0.5, 0.6) is 5.75 Å². The Morgan fingerprint density at radius 2 is 2.04 bits per heavy atom. The normalized spacial score (nSPS) is 17.1. The second-order valence-electron chi connectivity index (χ2n) is 5.97. The molecule has 1 aliphatic rings. The maximum absolute atomic E-state index is 13.7. The molecule has 1 aromatic carbocycles. The van der Waals surface area contributed by atoms with E-state index in [1.807, 2.05) is 17.9 Å². The van der Waals surface area contributed by atoms with Crippen molar-refractivity contribution in [3.05, 3.63) is 29.6 Å². The van der Waals surface area contributed by atoms with Crippen LogP contribution in [0.3, 0.4) is 0 Å². The van der Waals surface area contributed by atoms with Gasteiger partial charge in [-0.2, -0.15) is 0 Å². The average Bonchev–Trinajstić information content (AvgIpc) is 2.55. The SMILES string of the molecule is CCCC(N)C(=O)N1CCN(Cc2ccc(OC)c(F)c2)CC1. The summed E-state index contributed by atoms with van der Waals surface area (Å²) in [5.41, 5.74) is 6.81. The summed E-state index contributed by atoms with van der Waals surface area (Å²) in [6, 6.07) is 4.64. The van der Waals surface area contributed by atoms with Crippen molar-refractivity contribution in [1.29, 1.82) is 0 Å². The number of hydrogen-bond acceptors (Lipinski definition) is 4. The lowest BCUT2D eigenvalue weighted by Gasteiger charge is -2.36. The fourth-order valence-electron chi connectivity index (χ4n) is 2.86. The summed E-state index contributed by atoms with van der Waals surface area (Å²) in [4.78, 5) is 16.2. The van der Waals surface area contributed by atoms with E-state index in [1.54, 1.807) is 6.07 Å². The molecule has 1 heterocycles. The number of amides is 1. The highest BCUT2D eigenvalue weighted by molar-refractivity contribution is 5.81. The molecule has 5 nitrogen and oxygen atoms in total. The van der Waals surface area contributed by atoms with E-state index in [-0.39, 0.29) is 23.5 Å². The van der Waals surface area contributed by atoms with Gasteiger partial charge in [0.1, 0.15) is 0 Å². The molecule has 2 rings (SSSR count). The van der Waals surface area contributed by atoms with Gasteiger partial charge in [-0.15, -0.1) is 0 Å². The van der Waals surface area contributed by atoms with Gasteiger partial charge in [-0.25, -0.2) is 4.39 Å². The quantitative estimate of drug-likeness (QED) is 0.864. The standard InChI is InChI=1S/C17H26FN3O2/c1-3-4-15(19)17(22)21-9-7-20(8-10-21)12-13-5-6-16(23-2)14(18)11-13/h5-6,11,15H,3-4,7-10,12,19H2,1-2H3. The van der Waals surface area contributed by atoms with E-state index in [1.165, 1.54) is 13.2 Å². The Morgan fingerprint density at radius 1 is 1.35 bits per heavy atom. The molecule has 0 aliphatic carbocycles. The predicted molar refractivity (Wildman–Crippen MR) is 87.7 cm³/mol. The molecule has 1 unspecified atom stereocenters. The van der Waals surface area contributed by atoms with Gasteiger partial charge in [0.25, 0.3) is 0 Å². The minimum Gasteiger partial charge on any atom is -0.494 e. The van der Waals surface area contributed by atoms with Gasteiger partial charge in [-0.3, -0.25) is 9.69 Å². The lowest BCUT2D eigenvalue weighted by molar-refractivity contribution is -0.134. The fraction of sp³-hybridized carbons (Fsp3) is 0.588. The molecule has 1 atom stereocenters. The molecule has 6 heteroatoms. The lowest BCUT2D eigenvalue weighted by atomic mass is 10.1. The van der Waals surface area contributed by atoms with Crippen LogP contribution in [0.15, 0.2) is 18.2 Å². The Morgan fingerprint density at radius 3 is 2.61 bits per heavy atom. The zero-order valence-corrected chi connectivity index (χ0v) is 13.9. The largest absolute Gasteiger partial charge is 0.494 e. The lowest BCUT2D eigenvalue weighted by Crippen LogP contribution is -2.52. The van der Waals surface area contributed by atoms with Crippen LogP contribution in [-0.4, -0.2) is 55.0 Å². The van der Waals surface area contributed by atoms with Crippen LogP contribution in [0, 0.1) is 5.82 Å². The van der Waals surface area contributed by atoms with Gasteiger partial charge in [-0.05, 0) is 24.1 Å². The highest BCUT2D eigenvalue weighted by Crippen LogP contribution is 2.19. The summed E-state index contributed by atoms with van der Waals surface area (Å²) in [5, 5.41) is 0. The van der Waals surface area contributed by atoms with E-state index in [9.17, 15) is 9.18 Å². The summed E-state index contributed by atoms with van der Waals surface area (Å²) in [7, 11) is 1.46. The number of hydrogen-bond donors (Lipinski definition) is 1. The predicted octanol–water partition coefficient (Wildman–Crippen LogP) is 1.61. The van der Waals surface area contributed by atoms with Gasteiger partial charge < -0.3 is 15.4 Å². The Balaban J connectivity index is 1.85. The summed E-state index contributed by atoms with van der Waals surface area (Å²) in [6.45, 7) is 5.60. The number of halogens is 1. The molecular weight excluding hydrogens is 297 g/mol. The molecule has 1 amide bonds. The van der Waals surface area contributed by atoms with Crippen molar-refractivity contribution < 1.29 is 13.9 Å². The third-order valence-electron chi connectivity index (χ3n) is 4.22. The first-order valence-electron chi connectivity index (χ1n) is 8.14. The molecule has 23 heavy (non-hydrogen) atoms. The number of nitrogens with two attached hydrogens (primary N) is 1. The first kappa shape index (κ1) is 17.7. The smallest absolute Gasteiger partial charge is 0.239 e. The third-order valence-corrected chi connectivity index (χ3v) is 4.22. The minimum absolute atomic E-state index is 0.0435. The van der Waals surface area contributed by atoms with Crippen molar-refractivity contribution in [2.24, 2.45) is 5.73 Å². The topological polar surface area (TPSA) is 58.8 Å². The number of carbonyl (C=O) groups is 1. The van der Waals surface area contributed by atoms with Gasteiger partial charge in [0.15, 0.2) is 11.6 Å². The number of methoxy groups -OCH3 is 1. The molecule has 0 saturated carbocycles. The molecule has 0 radical (unpaired) electrons. The maximum atomic E-state index is 13.7. The van der Waals surface area contributed by atoms with Crippen molar-refractivity contribution in [2.75, 3.05) is 33.3 Å². The van der Waals surface area contributed by atoms with Crippen molar-refractivity contribution in [1.82, 2.24) is 9.80 Å². The molecular formula is C17H26FN3O2. The number of ether oxygens (including phenoxy) is 1. The molecule has 0 aromatic heterocycles. The summed E-state index contributed by atoms with van der Waals surface area (Å²) < 4.78 is 18.7. The Labute approximate surface area is 137 Å². The van der Waals surface area contributed by atoms with Crippen LogP contribution in [0.2, 0.25) is 0 Å². The zero-order chi connectivity index (χ0) is 16.8. The van der Waals surface area contributed by atoms with Gasteiger partial charge in [0, 0.05) is 32.7 Å². The van der Waals surface area contributed by atoms with Crippen LogP contribution < -0.4 is 10.5 Å². The van der Waals surface area contributed by atoms with Gasteiger partial charge in [-0.1, -0.05) is 19.4 Å². The van der Waals surface area contributed by atoms with Crippen molar-refractivity contribution in [2.45, 2.75) is 32.4 Å². The maximum Gasteiger partial charge on any atom is 0.239 e. The Kier molecular flexibility index (Phi) is 6.36. The Bertz CT molecular complexity index is 531. The molecule has 1 saturated heterocycles. The monoisotopic (exact) mass is 323 g/mol. The molecule has 128 valence electrons. The van der Waals surface area contributed by atoms with E-state index < -0.39 is 0 Å². The minimum atomic E-state index is -0.387. The summed E-state index contributed by atoms with van der Waals surface area (Å²) in [5.74, 6) is -0.0413. The molecule has 1 aliphatic heterocycles. The average molecular weight is 323 g/mol. The number of piperazine rings is 1. The van der Waals surface area contributed by atoms with Crippen LogP contribution in [0.4, 0.5) is 4.39 Å². The van der Waals surface area contributed by atoms with Crippen LogP contribution in [0.25, 0.3) is 0 Å². The second kappa shape index (κ2) is 8.26. The second-order valence-corrected chi connectivity index (χ2v) is 5.97. The summed E-state index contributed by atoms with van der Waals surface area (Å²) >= 11 is 0. The van der Waals surface area contributed by atoms with Gasteiger partial charge in [0.2, 0.25) is 5.91 Å². The van der Waals surface area contributed by atoms with Crippen molar-refractivity contribution in [3.63, 3.8) is 0 Å². The number of benzene rings is 1. The van der Waals surface area contributed by atoms with Gasteiger partial charge >= 0.3 is 0 Å². The van der Waals surface area contributed by atoms with Crippen molar-refractivity contribution >= 4 is 5.91 Å². The van der Waals surface area contributed by atoms with Crippen LogP contribution >= 0.6 is 0 Å². The molecule has 0 spiro atoms. The number of rotatable bonds is 6.